The molecule has 1 atom stereocenters. The van der Waals surface area contributed by atoms with E-state index in [1.54, 1.807) is 0 Å². The predicted molar refractivity (Wildman–Crippen MR) is 172 cm³/mol. The van der Waals surface area contributed by atoms with Crippen LogP contribution in [0.1, 0.15) is 37.3 Å². The Balaban J connectivity index is 1.20. The fourth-order valence-corrected chi connectivity index (χ4v) is 6.56. The molecule has 40 heavy (non-hydrogen) atoms. The zero-order valence-corrected chi connectivity index (χ0v) is 24.4. The Hall–Kier alpha value is -3.76. The Morgan fingerprint density at radius 1 is 0.850 bits per heavy atom. The van der Waals surface area contributed by atoms with Gasteiger partial charge in [0.25, 0.3) is 5.82 Å². The normalized spacial score (nSPS) is 19.6. The third-order valence-corrected chi connectivity index (χ3v) is 9.36. The maximum Gasteiger partial charge on any atom is 0.276 e. The first-order valence-corrected chi connectivity index (χ1v) is 14.9. The first-order valence-electron chi connectivity index (χ1n) is 14.4. The molecule has 0 spiro atoms. The molecular formula is C36H38N3S+. The van der Waals surface area contributed by atoms with Crippen molar-refractivity contribution >= 4 is 44.9 Å². The Labute approximate surface area is 244 Å². The minimum atomic E-state index is 0.0325. The van der Waals surface area contributed by atoms with Crippen LogP contribution in [0.15, 0.2) is 109 Å². The predicted octanol–water partition coefficient (Wildman–Crippen LogP) is 7.47. The number of aryl methyl sites for hydroxylation is 1. The largest absolute Gasteiger partial charge is 0.362 e. The lowest BCUT2D eigenvalue weighted by atomic mass is 9.79. The van der Waals surface area contributed by atoms with Crippen molar-refractivity contribution in [3.8, 4) is 0 Å². The van der Waals surface area contributed by atoms with Crippen LogP contribution in [-0.2, 0) is 7.05 Å². The Morgan fingerprint density at radius 3 is 2.27 bits per heavy atom. The van der Waals surface area contributed by atoms with Gasteiger partial charge in [-0.15, -0.1) is 0 Å². The molecule has 202 valence electrons. The second kappa shape index (κ2) is 11.4. The Kier molecular flexibility index (Phi) is 7.53. The fourth-order valence-electron chi connectivity index (χ4n) is 6.20. The molecule has 1 saturated heterocycles. The van der Waals surface area contributed by atoms with Gasteiger partial charge in [0.2, 0.25) is 0 Å². The molecule has 0 saturated carbocycles. The van der Waals surface area contributed by atoms with Crippen LogP contribution < -0.4 is 9.47 Å². The molecule has 1 aromatic heterocycles. The smallest absolute Gasteiger partial charge is 0.276 e. The summed E-state index contributed by atoms with van der Waals surface area (Å²) in [5.41, 5.74) is 5.07. The molecule has 4 heteroatoms. The molecule has 1 unspecified atom stereocenters. The van der Waals surface area contributed by atoms with Gasteiger partial charge in [0.1, 0.15) is 0 Å². The number of pyridine rings is 1. The summed E-state index contributed by atoms with van der Waals surface area (Å²) in [6.07, 6.45) is 10.3. The van der Waals surface area contributed by atoms with Crippen LogP contribution in [0.25, 0.3) is 22.0 Å². The van der Waals surface area contributed by atoms with Gasteiger partial charge in [-0.3, -0.25) is 4.90 Å². The van der Waals surface area contributed by atoms with Crippen molar-refractivity contribution in [2.75, 3.05) is 31.1 Å². The molecule has 2 aliphatic rings. The number of aromatic nitrogens is 1. The number of thiocarbonyl (C=S) groups is 1. The second-order valence-corrected chi connectivity index (χ2v) is 12.0. The molecule has 0 radical (unpaired) electrons. The molecular weight excluding hydrogens is 506 g/mol. The van der Waals surface area contributed by atoms with Crippen molar-refractivity contribution in [1.82, 2.24) is 4.90 Å². The molecule has 0 N–H and O–H groups in total. The van der Waals surface area contributed by atoms with Crippen LogP contribution in [0.5, 0.6) is 0 Å². The molecule has 3 nitrogen and oxygen atoms in total. The van der Waals surface area contributed by atoms with Gasteiger partial charge in [0.05, 0.1) is 32.9 Å². The van der Waals surface area contributed by atoms with Gasteiger partial charge in [-0.25, -0.2) is 4.57 Å². The van der Waals surface area contributed by atoms with E-state index in [9.17, 15) is 0 Å². The van der Waals surface area contributed by atoms with Crippen LogP contribution in [0.3, 0.4) is 0 Å². The molecule has 0 bridgehead atoms. The minimum absolute atomic E-state index is 0.0325. The van der Waals surface area contributed by atoms with Crippen LogP contribution >= 0.6 is 12.2 Å². The molecule has 1 fully saturated rings. The van der Waals surface area contributed by atoms with Crippen molar-refractivity contribution in [1.29, 1.82) is 0 Å². The van der Waals surface area contributed by atoms with E-state index in [2.05, 4.69) is 138 Å². The van der Waals surface area contributed by atoms with Gasteiger partial charge in [0, 0.05) is 34.0 Å². The highest BCUT2D eigenvalue weighted by molar-refractivity contribution is 7.80. The van der Waals surface area contributed by atoms with Gasteiger partial charge in [-0.2, -0.15) is 0 Å². The summed E-state index contributed by atoms with van der Waals surface area (Å²) in [6, 6.07) is 32.4. The summed E-state index contributed by atoms with van der Waals surface area (Å²) in [4.78, 5) is 6.21. The summed E-state index contributed by atoms with van der Waals surface area (Å²) < 4.78 is 2.28. The highest BCUT2D eigenvalue weighted by atomic mass is 32.1. The van der Waals surface area contributed by atoms with Crippen molar-refractivity contribution in [2.24, 2.45) is 12.5 Å². The summed E-state index contributed by atoms with van der Waals surface area (Å²) in [6.45, 7) is 6.14. The van der Waals surface area contributed by atoms with Gasteiger partial charge in [0.15, 0.2) is 0 Å². The number of rotatable bonds is 6. The number of fused-ring (bicyclic) bond motifs is 1. The van der Waals surface area contributed by atoms with Crippen LogP contribution in [-0.4, -0.2) is 35.9 Å². The summed E-state index contributed by atoms with van der Waals surface area (Å²) >= 11 is 6.29. The average Bonchev–Trinajstić information content (AvgIpc) is 3.20. The van der Waals surface area contributed by atoms with Gasteiger partial charge in [-0.1, -0.05) is 110 Å². The maximum atomic E-state index is 6.29. The first kappa shape index (κ1) is 26.5. The van der Waals surface area contributed by atoms with E-state index in [0.29, 0.717) is 0 Å². The first-order chi connectivity index (χ1) is 19.5. The van der Waals surface area contributed by atoms with Crippen LogP contribution in [0, 0.1) is 5.41 Å². The fraction of sp³-hybridized carbons (Fsp3) is 0.278. The van der Waals surface area contributed by atoms with Crippen molar-refractivity contribution in [3.63, 3.8) is 0 Å². The summed E-state index contributed by atoms with van der Waals surface area (Å²) in [5.74, 6) is 1.29. The topological polar surface area (TPSA) is 10.4 Å². The number of nitrogens with zero attached hydrogens (tertiary/aromatic N) is 3. The van der Waals surface area contributed by atoms with Gasteiger partial charge < -0.3 is 4.90 Å². The number of allylic oxidation sites excluding steroid dienone is 2. The number of hydrogen-bond donors (Lipinski definition) is 0. The van der Waals surface area contributed by atoms with E-state index >= 15 is 0 Å². The third kappa shape index (κ3) is 5.46. The van der Waals surface area contributed by atoms with E-state index in [0.717, 1.165) is 45.4 Å². The van der Waals surface area contributed by atoms with E-state index in [4.69, 9.17) is 12.2 Å². The SMILES string of the molecule is C[n+]1cc2ccccc2cc1N1CCCC(C)(C(=S)CN2CC=C(c3ccccc3)C=C2c2ccccc2)CC1. The Bertz CT molecular complexity index is 1570. The number of anilines is 1. The molecule has 0 aliphatic carbocycles. The second-order valence-electron chi connectivity index (χ2n) is 11.5. The van der Waals surface area contributed by atoms with E-state index in [-0.39, 0.29) is 5.41 Å². The van der Waals surface area contributed by atoms with Gasteiger partial charge >= 0.3 is 0 Å². The lowest BCUT2D eigenvalue weighted by Crippen LogP contribution is -2.41. The summed E-state index contributed by atoms with van der Waals surface area (Å²) in [7, 11) is 2.17. The quantitative estimate of drug-likeness (QED) is 0.184. The molecule has 6 rings (SSSR count). The number of hydrogen-bond acceptors (Lipinski definition) is 3. The maximum absolute atomic E-state index is 6.29. The molecule has 3 heterocycles. The van der Waals surface area contributed by atoms with Crippen molar-refractivity contribution < 1.29 is 4.57 Å². The monoisotopic (exact) mass is 544 g/mol. The standard InChI is InChI=1S/C36H38N3S/c1-36(19-11-21-38(23-20-36)35-25-30-16-9-10-17-32(30)26-37(35)2)34(40)27-39-22-18-31(28-12-5-3-6-13-28)24-33(39)29-14-7-4-8-15-29/h3-10,12-18,24-26H,11,19-23,27H2,1-2H3/q+1. The lowest BCUT2D eigenvalue weighted by Gasteiger charge is -2.36. The molecule has 2 aliphatic heterocycles. The Morgan fingerprint density at radius 2 is 1.52 bits per heavy atom. The molecule has 4 aromatic rings. The minimum Gasteiger partial charge on any atom is -0.362 e. The highest BCUT2D eigenvalue weighted by Crippen LogP contribution is 2.36. The lowest BCUT2D eigenvalue weighted by molar-refractivity contribution is -0.657. The van der Waals surface area contributed by atoms with Crippen LogP contribution in [0.4, 0.5) is 5.82 Å². The average molecular weight is 545 g/mol. The van der Waals surface area contributed by atoms with Crippen molar-refractivity contribution in [3.05, 3.63) is 120 Å². The van der Waals surface area contributed by atoms with Crippen LogP contribution in [0.2, 0.25) is 0 Å². The summed E-state index contributed by atoms with van der Waals surface area (Å²) in [5, 5.41) is 2.58. The van der Waals surface area contributed by atoms with E-state index in [1.165, 1.54) is 43.9 Å². The van der Waals surface area contributed by atoms with E-state index in [1.807, 2.05) is 0 Å². The third-order valence-electron chi connectivity index (χ3n) is 8.74. The zero-order valence-electron chi connectivity index (χ0n) is 23.6. The van der Waals surface area contributed by atoms with Gasteiger partial charge in [-0.05, 0) is 47.4 Å². The zero-order chi connectivity index (χ0) is 27.5. The molecule has 0 amide bonds. The van der Waals surface area contributed by atoms with Crippen molar-refractivity contribution in [2.45, 2.75) is 26.2 Å². The van der Waals surface area contributed by atoms with E-state index < -0.39 is 0 Å². The molecule has 3 aromatic carbocycles. The number of benzene rings is 3. The highest BCUT2D eigenvalue weighted by Gasteiger charge is 2.36.